The molecule has 1 unspecified atom stereocenters. The standard InChI is InChI=1S/C25H28N2O3/c28-15-14-27(13-12-20-17-26-23-6-2-1-5-21(20)23)24-7-3-4-19-16-18(8-10-22(19)24)9-11-25(29)30/h1-2,5-6,8-11,16-17,24,26,28H,3-4,7,12-15H2,(H,29,30)/b11-9+. The number of carbonyl (C=O) groups is 1. The number of carboxylic acids is 1. The van der Waals surface area contributed by atoms with E-state index in [9.17, 15) is 9.90 Å². The van der Waals surface area contributed by atoms with Gasteiger partial charge in [0.25, 0.3) is 0 Å². The van der Waals surface area contributed by atoms with E-state index in [0.717, 1.165) is 43.3 Å². The van der Waals surface area contributed by atoms with E-state index in [0.29, 0.717) is 6.54 Å². The maximum atomic E-state index is 10.8. The van der Waals surface area contributed by atoms with Crippen LogP contribution in [0, 0.1) is 0 Å². The van der Waals surface area contributed by atoms with Crippen LogP contribution < -0.4 is 0 Å². The van der Waals surface area contributed by atoms with E-state index in [4.69, 9.17) is 5.11 Å². The molecule has 2 aromatic carbocycles. The molecule has 0 radical (unpaired) electrons. The summed E-state index contributed by atoms with van der Waals surface area (Å²) in [4.78, 5) is 16.6. The van der Waals surface area contributed by atoms with Crippen LogP contribution in [0.2, 0.25) is 0 Å². The quantitative estimate of drug-likeness (QED) is 0.492. The monoisotopic (exact) mass is 404 g/mol. The molecule has 0 fully saturated rings. The van der Waals surface area contributed by atoms with Crippen molar-refractivity contribution in [2.24, 2.45) is 0 Å². The number of nitrogens with zero attached hydrogens (tertiary/aromatic N) is 1. The molecule has 1 atom stereocenters. The zero-order valence-electron chi connectivity index (χ0n) is 17.1. The zero-order chi connectivity index (χ0) is 20.9. The molecule has 3 N–H and O–H groups in total. The van der Waals surface area contributed by atoms with Crippen LogP contribution in [0.5, 0.6) is 0 Å². The first kappa shape index (κ1) is 20.4. The molecule has 1 heterocycles. The molecular weight excluding hydrogens is 376 g/mol. The van der Waals surface area contributed by atoms with Gasteiger partial charge in [-0.2, -0.15) is 0 Å². The topological polar surface area (TPSA) is 76.6 Å². The Kier molecular flexibility index (Phi) is 6.31. The lowest BCUT2D eigenvalue weighted by Gasteiger charge is -2.36. The minimum atomic E-state index is -0.933. The number of aliphatic carboxylic acids is 1. The molecule has 0 saturated carbocycles. The molecule has 1 aliphatic rings. The fourth-order valence-corrected chi connectivity index (χ4v) is 4.61. The van der Waals surface area contributed by atoms with Crippen LogP contribution >= 0.6 is 0 Å². The smallest absolute Gasteiger partial charge is 0.328 e. The third-order valence-electron chi connectivity index (χ3n) is 6.04. The Morgan fingerprint density at radius 1 is 1.20 bits per heavy atom. The Hall–Kier alpha value is -2.89. The number of aryl methyl sites for hydroxylation is 1. The lowest BCUT2D eigenvalue weighted by Crippen LogP contribution is -2.35. The van der Waals surface area contributed by atoms with Crippen molar-refractivity contribution in [1.29, 1.82) is 0 Å². The molecule has 1 aliphatic carbocycles. The number of fused-ring (bicyclic) bond motifs is 2. The van der Waals surface area contributed by atoms with Gasteiger partial charge in [-0.25, -0.2) is 4.79 Å². The summed E-state index contributed by atoms with van der Waals surface area (Å²) in [6.07, 6.45) is 9.03. The van der Waals surface area contributed by atoms with Crippen LogP contribution in [0.1, 0.15) is 41.1 Å². The number of aromatic amines is 1. The fraction of sp³-hybridized carbons (Fsp3) is 0.320. The van der Waals surface area contributed by atoms with E-state index in [1.165, 1.54) is 28.2 Å². The number of hydrogen-bond donors (Lipinski definition) is 3. The van der Waals surface area contributed by atoms with E-state index < -0.39 is 5.97 Å². The Morgan fingerprint density at radius 3 is 2.90 bits per heavy atom. The van der Waals surface area contributed by atoms with Crippen LogP contribution in [-0.2, 0) is 17.6 Å². The lowest BCUT2D eigenvalue weighted by atomic mass is 9.85. The van der Waals surface area contributed by atoms with Crippen molar-refractivity contribution < 1.29 is 15.0 Å². The number of aliphatic hydroxyl groups is 1. The van der Waals surface area contributed by atoms with Gasteiger partial charge in [0, 0.05) is 42.3 Å². The Bertz CT molecular complexity index is 1050. The SMILES string of the molecule is O=C(O)/C=C/c1ccc2c(c1)CCCC2N(CCO)CCc1c[nH]c2ccccc12. The lowest BCUT2D eigenvalue weighted by molar-refractivity contribution is -0.131. The van der Waals surface area contributed by atoms with E-state index in [2.05, 4.69) is 46.4 Å². The van der Waals surface area contributed by atoms with E-state index in [1.807, 2.05) is 12.1 Å². The van der Waals surface area contributed by atoms with Crippen molar-refractivity contribution in [3.05, 3.63) is 77.0 Å². The highest BCUT2D eigenvalue weighted by molar-refractivity contribution is 5.85. The summed E-state index contributed by atoms with van der Waals surface area (Å²) in [7, 11) is 0. The van der Waals surface area contributed by atoms with Crippen molar-refractivity contribution in [2.75, 3.05) is 19.7 Å². The van der Waals surface area contributed by atoms with E-state index in [1.54, 1.807) is 6.08 Å². The average molecular weight is 405 g/mol. The van der Waals surface area contributed by atoms with Gasteiger partial charge in [0.2, 0.25) is 0 Å². The molecule has 0 saturated heterocycles. The van der Waals surface area contributed by atoms with Crippen LogP contribution in [0.25, 0.3) is 17.0 Å². The molecule has 5 nitrogen and oxygen atoms in total. The third-order valence-corrected chi connectivity index (χ3v) is 6.04. The van der Waals surface area contributed by atoms with Gasteiger partial charge in [0.15, 0.2) is 0 Å². The van der Waals surface area contributed by atoms with Crippen LogP contribution in [0.4, 0.5) is 0 Å². The number of benzene rings is 2. The summed E-state index contributed by atoms with van der Waals surface area (Å²) in [6, 6.07) is 14.9. The fourth-order valence-electron chi connectivity index (χ4n) is 4.61. The number of H-pyrrole nitrogens is 1. The highest BCUT2D eigenvalue weighted by atomic mass is 16.4. The molecule has 0 amide bonds. The second-order valence-electron chi connectivity index (χ2n) is 7.91. The number of rotatable bonds is 8. The Labute approximate surface area is 176 Å². The van der Waals surface area contributed by atoms with Crippen molar-refractivity contribution in [2.45, 2.75) is 31.7 Å². The van der Waals surface area contributed by atoms with Crippen LogP contribution in [0.3, 0.4) is 0 Å². The molecule has 3 aromatic rings. The largest absolute Gasteiger partial charge is 0.478 e. The van der Waals surface area contributed by atoms with Gasteiger partial charge < -0.3 is 15.2 Å². The molecule has 0 bridgehead atoms. The molecule has 0 spiro atoms. The number of hydrogen-bond acceptors (Lipinski definition) is 3. The van der Waals surface area contributed by atoms with Crippen molar-refractivity contribution >= 4 is 22.9 Å². The molecule has 30 heavy (non-hydrogen) atoms. The summed E-state index contributed by atoms with van der Waals surface area (Å²) in [5.41, 5.74) is 5.98. The van der Waals surface area contributed by atoms with Crippen LogP contribution in [0.15, 0.2) is 54.7 Å². The first-order chi connectivity index (χ1) is 14.7. The summed E-state index contributed by atoms with van der Waals surface area (Å²) in [5.74, 6) is -0.933. The molecule has 1 aromatic heterocycles. The molecular formula is C25H28N2O3. The predicted molar refractivity (Wildman–Crippen MR) is 119 cm³/mol. The number of aliphatic hydroxyl groups excluding tert-OH is 1. The predicted octanol–water partition coefficient (Wildman–Crippen LogP) is 4.18. The zero-order valence-corrected chi connectivity index (χ0v) is 17.1. The summed E-state index contributed by atoms with van der Waals surface area (Å²) >= 11 is 0. The first-order valence-electron chi connectivity index (χ1n) is 10.6. The second-order valence-corrected chi connectivity index (χ2v) is 7.91. The van der Waals surface area contributed by atoms with Gasteiger partial charge >= 0.3 is 5.97 Å². The maximum absolute atomic E-state index is 10.8. The van der Waals surface area contributed by atoms with Crippen LogP contribution in [-0.4, -0.2) is 45.8 Å². The molecule has 156 valence electrons. The van der Waals surface area contributed by atoms with Gasteiger partial charge in [-0.3, -0.25) is 4.90 Å². The summed E-state index contributed by atoms with van der Waals surface area (Å²) in [6.45, 7) is 1.67. The summed E-state index contributed by atoms with van der Waals surface area (Å²) in [5, 5.41) is 19.8. The van der Waals surface area contributed by atoms with Crippen molar-refractivity contribution in [3.8, 4) is 0 Å². The Morgan fingerprint density at radius 2 is 2.07 bits per heavy atom. The third kappa shape index (κ3) is 4.48. The van der Waals surface area contributed by atoms with Gasteiger partial charge in [0.05, 0.1) is 6.61 Å². The molecule has 0 aliphatic heterocycles. The Balaban J connectivity index is 1.54. The van der Waals surface area contributed by atoms with Crippen molar-refractivity contribution in [1.82, 2.24) is 9.88 Å². The minimum absolute atomic E-state index is 0.138. The minimum Gasteiger partial charge on any atom is -0.478 e. The highest BCUT2D eigenvalue weighted by Crippen LogP contribution is 2.35. The van der Waals surface area contributed by atoms with Gasteiger partial charge in [-0.05, 0) is 60.1 Å². The second kappa shape index (κ2) is 9.28. The van der Waals surface area contributed by atoms with E-state index >= 15 is 0 Å². The molecule has 5 heteroatoms. The van der Waals surface area contributed by atoms with Gasteiger partial charge in [-0.1, -0.05) is 36.4 Å². The highest BCUT2D eigenvalue weighted by Gasteiger charge is 2.25. The van der Waals surface area contributed by atoms with Gasteiger partial charge in [0.1, 0.15) is 0 Å². The number of nitrogens with one attached hydrogen (secondary N) is 1. The number of aromatic nitrogens is 1. The number of para-hydroxylation sites is 1. The average Bonchev–Trinajstić information content (AvgIpc) is 3.18. The first-order valence-corrected chi connectivity index (χ1v) is 10.6. The van der Waals surface area contributed by atoms with Gasteiger partial charge in [-0.15, -0.1) is 0 Å². The normalized spacial score (nSPS) is 16.4. The van der Waals surface area contributed by atoms with Crippen molar-refractivity contribution in [3.63, 3.8) is 0 Å². The number of carboxylic acid groups (broad SMARTS) is 1. The van der Waals surface area contributed by atoms with E-state index in [-0.39, 0.29) is 12.6 Å². The molecule has 4 rings (SSSR count). The summed E-state index contributed by atoms with van der Waals surface area (Å²) < 4.78 is 0. The maximum Gasteiger partial charge on any atom is 0.328 e.